The second-order valence-electron chi connectivity index (χ2n) is 4.81. The van der Waals surface area contributed by atoms with E-state index in [1.807, 2.05) is 26.0 Å². The van der Waals surface area contributed by atoms with E-state index in [-0.39, 0.29) is 6.10 Å². The molecule has 0 aliphatic carbocycles. The van der Waals surface area contributed by atoms with Crippen molar-refractivity contribution in [3.63, 3.8) is 0 Å². The molecule has 0 aromatic carbocycles. The van der Waals surface area contributed by atoms with Gasteiger partial charge < -0.3 is 19.9 Å². The summed E-state index contributed by atoms with van der Waals surface area (Å²) < 4.78 is 11.5. The average Bonchev–Trinajstić information content (AvgIpc) is 2.80. The van der Waals surface area contributed by atoms with Crippen molar-refractivity contribution in [2.24, 2.45) is 0 Å². The lowest BCUT2D eigenvalue weighted by molar-refractivity contribution is -0.00989. The zero-order chi connectivity index (χ0) is 14.8. The summed E-state index contributed by atoms with van der Waals surface area (Å²) in [7, 11) is 0. The molecule has 0 spiro atoms. The molecule has 0 saturated heterocycles. The summed E-state index contributed by atoms with van der Waals surface area (Å²) in [5.74, 6) is 0. The van der Waals surface area contributed by atoms with Gasteiger partial charge in [-0.3, -0.25) is 0 Å². The topological polar surface area (TPSA) is 50.7 Å². The highest BCUT2D eigenvalue weighted by atomic mass is 35.5. The highest BCUT2D eigenvalue weighted by molar-refractivity contribution is 7.16. The molecule has 0 amide bonds. The van der Waals surface area contributed by atoms with E-state index in [1.54, 1.807) is 11.3 Å². The molecule has 116 valence electrons. The molecule has 0 saturated carbocycles. The molecule has 1 atom stereocenters. The van der Waals surface area contributed by atoms with Crippen LogP contribution in [-0.2, 0) is 15.9 Å². The van der Waals surface area contributed by atoms with Gasteiger partial charge in [-0.25, -0.2) is 0 Å². The van der Waals surface area contributed by atoms with Crippen molar-refractivity contribution >= 4 is 22.9 Å². The lowest BCUT2D eigenvalue weighted by Gasteiger charge is -2.13. The van der Waals surface area contributed by atoms with E-state index in [0.717, 1.165) is 17.3 Å². The Hall–Kier alpha value is -0.170. The number of hydrogen-bond donors (Lipinski definition) is 2. The van der Waals surface area contributed by atoms with Crippen molar-refractivity contribution in [3.05, 3.63) is 21.3 Å². The van der Waals surface area contributed by atoms with Gasteiger partial charge in [-0.05, 0) is 32.4 Å². The van der Waals surface area contributed by atoms with Gasteiger partial charge in [0, 0.05) is 18.0 Å². The predicted octanol–water partition coefficient (Wildman–Crippen LogP) is 2.34. The second-order valence-corrected chi connectivity index (χ2v) is 6.61. The number of nitrogens with one attached hydrogen (secondary N) is 1. The summed E-state index contributed by atoms with van der Waals surface area (Å²) in [6.45, 7) is 6.74. The molecule has 0 fully saturated rings. The van der Waals surface area contributed by atoms with Crippen LogP contribution in [0.25, 0.3) is 0 Å². The molecule has 2 N–H and O–H groups in total. The zero-order valence-electron chi connectivity index (χ0n) is 12.1. The molecule has 1 unspecified atom stereocenters. The van der Waals surface area contributed by atoms with Crippen molar-refractivity contribution in [3.8, 4) is 0 Å². The minimum absolute atomic E-state index is 0.218. The van der Waals surface area contributed by atoms with Crippen LogP contribution in [0.15, 0.2) is 12.1 Å². The Morgan fingerprint density at radius 2 is 2.15 bits per heavy atom. The summed E-state index contributed by atoms with van der Waals surface area (Å²) in [5.41, 5.74) is 0. The normalized spacial score (nSPS) is 13.1. The van der Waals surface area contributed by atoms with Crippen molar-refractivity contribution < 1.29 is 14.6 Å². The van der Waals surface area contributed by atoms with Gasteiger partial charge in [0.25, 0.3) is 0 Å². The van der Waals surface area contributed by atoms with E-state index in [1.165, 1.54) is 4.88 Å². The number of ether oxygens (including phenoxy) is 2. The van der Waals surface area contributed by atoms with E-state index in [4.69, 9.17) is 21.1 Å². The summed E-state index contributed by atoms with van der Waals surface area (Å²) in [4.78, 5) is 1.25. The fourth-order valence-electron chi connectivity index (χ4n) is 1.59. The standard InChI is InChI=1S/C14H24ClNO3S/c1-11(2)19-8-7-18-10-12(17)9-16-6-5-13-3-4-14(15)20-13/h3-4,11-12,16-17H,5-10H2,1-2H3. The average molecular weight is 322 g/mol. The van der Waals surface area contributed by atoms with Crippen molar-refractivity contribution in [2.75, 3.05) is 32.9 Å². The van der Waals surface area contributed by atoms with Crippen LogP contribution in [-0.4, -0.2) is 50.2 Å². The molecular formula is C14H24ClNO3S. The molecule has 0 aliphatic heterocycles. The monoisotopic (exact) mass is 321 g/mol. The van der Waals surface area contributed by atoms with Gasteiger partial charge in [-0.1, -0.05) is 11.6 Å². The third-order valence-electron chi connectivity index (χ3n) is 2.55. The molecule has 0 aliphatic rings. The van der Waals surface area contributed by atoms with Crippen LogP contribution < -0.4 is 5.32 Å². The minimum atomic E-state index is -0.485. The lowest BCUT2D eigenvalue weighted by Crippen LogP contribution is -2.32. The van der Waals surface area contributed by atoms with Crippen LogP contribution in [0.1, 0.15) is 18.7 Å². The number of halogens is 1. The summed E-state index contributed by atoms with van der Waals surface area (Å²) in [6, 6.07) is 3.94. The highest BCUT2D eigenvalue weighted by Crippen LogP contribution is 2.21. The fourth-order valence-corrected chi connectivity index (χ4v) is 2.67. The Balaban J connectivity index is 1.93. The van der Waals surface area contributed by atoms with Crippen LogP contribution in [0.2, 0.25) is 4.34 Å². The first-order valence-electron chi connectivity index (χ1n) is 6.90. The lowest BCUT2D eigenvalue weighted by atomic mass is 10.3. The van der Waals surface area contributed by atoms with Gasteiger partial charge >= 0.3 is 0 Å². The van der Waals surface area contributed by atoms with Gasteiger partial charge in [-0.15, -0.1) is 11.3 Å². The van der Waals surface area contributed by atoms with Gasteiger partial charge in [-0.2, -0.15) is 0 Å². The maximum Gasteiger partial charge on any atom is 0.0931 e. The Kier molecular flexibility index (Phi) is 9.42. The van der Waals surface area contributed by atoms with Crippen LogP contribution in [0.5, 0.6) is 0 Å². The molecular weight excluding hydrogens is 298 g/mol. The van der Waals surface area contributed by atoms with E-state index in [9.17, 15) is 5.11 Å². The molecule has 1 aromatic heterocycles. The maximum atomic E-state index is 9.71. The Labute approximate surface area is 130 Å². The maximum absolute atomic E-state index is 9.71. The molecule has 0 bridgehead atoms. The number of rotatable bonds is 11. The first-order valence-corrected chi connectivity index (χ1v) is 8.09. The highest BCUT2D eigenvalue weighted by Gasteiger charge is 2.04. The molecule has 20 heavy (non-hydrogen) atoms. The zero-order valence-corrected chi connectivity index (χ0v) is 13.7. The van der Waals surface area contributed by atoms with Gasteiger partial charge in [0.1, 0.15) is 0 Å². The Bertz CT molecular complexity index is 360. The van der Waals surface area contributed by atoms with E-state index in [2.05, 4.69) is 5.32 Å². The molecule has 6 heteroatoms. The summed E-state index contributed by atoms with van der Waals surface area (Å²) in [5, 5.41) is 12.9. The van der Waals surface area contributed by atoms with Crippen LogP contribution in [0.3, 0.4) is 0 Å². The number of aliphatic hydroxyl groups is 1. The Morgan fingerprint density at radius 3 is 2.80 bits per heavy atom. The first kappa shape index (κ1) is 17.9. The van der Waals surface area contributed by atoms with Crippen molar-refractivity contribution in [1.29, 1.82) is 0 Å². The fraction of sp³-hybridized carbons (Fsp3) is 0.714. The summed E-state index contributed by atoms with van der Waals surface area (Å²) >= 11 is 7.45. The predicted molar refractivity (Wildman–Crippen MR) is 83.8 cm³/mol. The molecule has 0 radical (unpaired) electrons. The largest absolute Gasteiger partial charge is 0.389 e. The second kappa shape index (κ2) is 10.5. The Morgan fingerprint density at radius 1 is 1.35 bits per heavy atom. The third-order valence-corrected chi connectivity index (χ3v) is 3.84. The molecule has 1 aromatic rings. The number of hydrogen-bond acceptors (Lipinski definition) is 5. The van der Waals surface area contributed by atoms with E-state index >= 15 is 0 Å². The smallest absolute Gasteiger partial charge is 0.0931 e. The molecule has 4 nitrogen and oxygen atoms in total. The van der Waals surface area contributed by atoms with E-state index < -0.39 is 6.10 Å². The van der Waals surface area contributed by atoms with Gasteiger partial charge in [0.05, 0.1) is 36.4 Å². The SMILES string of the molecule is CC(C)OCCOCC(O)CNCCc1ccc(Cl)s1. The van der Waals surface area contributed by atoms with Crippen LogP contribution in [0.4, 0.5) is 0 Å². The minimum Gasteiger partial charge on any atom is -0.389 e. The van der Waals surface area contributed by atoms with Crippen LogP contribution >= 0.6 is 22.9 Å². The summed E-state index contributed by atoms with van der Waals surface area (Å²) in [6.07, 6.45) is 0.657. The van der Waals surface area contributed by atoms with E-state index in [0.29, 0.717) is 26.4 Å². The van der Waals surface area contributed by atoms with Crippen molar-refractivity contribution in [1.82, 2.24) is 5.32 Å². The molecule has 1 heterocycles. The quantitative estimate of drug-likeness (QED) is 0.614. The van der Waals surface area contributed by atoms with Crippen molar-refractivity contribution in [2.45, 2.75) is 32.5 Å². The number of thiophene rings is 1. The first-order chi connectivity index (χ1) is 9.58. The van der Waals surface area contributed by atoms with Gasteiger partial charge in [0.2, 0.25) is 0 Å². The molecule has 1 rings (SSSR count). The third kappa shape index (κ3) is 8.89. The number of aliphatic hydroxyl groups excluding tert-OH is 1. The van der Waals surface area contributed by atoms with Gasteiger partial charge in [0.15, 0.2) is 0 Å². The van der Waals surface area contributed by atoms with Crippen LogP contribution in [0, 0.1) is 0 Å².